The maximum atomic E-state index is 12.2. The van der Waals surface area contributed by atoms with Crippen molar-refractivity contribution in [3.05, 3.63) is 29.5 Å². The van der Waals surface area contributed by atoms with Gasteiger partial charge in [0.2, 0.25) is 0 Å². The van der Waals surface area contributed by atoms with Gasteiger partial charge in [0.05, 0.1) is 24.8 Å². The molecule has 0 fully saturated rings. The zero-order valence-electron chi connectivity index (χ0n) is 11.2. The van der Waals surface area contributed by atoms with Crippen LogP contribution < -0.4 is 4.74 Å². The molecule has 1 aliphatic heterocycles. The zero-order chi connectivity index (χ0) is 13.4. The van der Waals surface area contributed by atoms with Crippen molar-refractivity contribution in [2.75, 3.05) is 13.7 Å². The fraction of sp³-hybridized carbons (Fsp3) is 0.400. The predicted molar refractivity (Wildman–Crippen MR) is 72.8 cm³/mol. The van der Waals surface area contributed by atoms with Crippen LogP contribution in [0.25, 0.3) is 10.9 Å². The largest absolute Gasteiger partial charge is 0.497 e. The summed E-state index contributed by atoms with van der Waals surface area (Å²) in [5, 5.41) is 0.967. The van der Waals surface area contributed by atoms with Gasteiger partial charge in [0.25, 0.3) is 0 Å². The van der Waals surface area contributed by atoms with E-state index in [1.807, 2.05) is 25.1 Å². The number of hydrogen-bond acceptors (Lipinski definition) is 3. The molecule has 1 aromatic heterocycles. The van der Waals surface area contributed by atoms with E-state index in [9.17, 15) is 4.79 Å². The molecular formula is C15H17NO3. The molecule has 4 heteroatoms. The number of rotatable bonds is 3. The third-order valence-electron chi connectivity index (χ3n) is 3.65. The second-order valence-electron chi connectivity index (χ2n) is 4.68. The van der Waals surface area contributed by atoms with Crippen LogP contribution in [0.2, 0.25) is 0 Å². The number of nitrogens with zero attached hydrogens (tertiary/aromatic N) is 1. The van der Waals surface area contributed by atoms with E-state index in [-0.39, 0.29) is 5.97 Å². The van der Waals surface area contributed by atoms with E-state index in [0.717, 1.165) is 47.3 Å². The van der Waals surface area contributed by atoms with Gasteiger partial charge in [-0.25, -0.2) is 4.79 Å². The van der Waals surface area contributed by atoms with E-state index >= 15 is 0 Å². The molecule has 0 spiro atoms. The minimum absolute atomic E-state index is 0.215. The number of ether oxygens (including phenoxy) is 2. The fourth-order valence-electron chi connectivity index (χ4n) is 2.86. The molecule has 0 aliphatic carbocycles. The summed E-state index contributed by atoms with van der Waals surface area (Å²) in [6.45, 7) is 3.19. The summed E-state index contributed by atoms with van der Waals surface area (Å²) >= 11 is 0. The molecule has 3 rings (SSSR count). The number of aryl methyl sites for hydroxylation is 1. The Hall–Kier alpha value is -1.97. The number of benzene rings is 1. The monoisotopic (exact) mass is 259 g/mol. The number of aromatic nitrogens is 1. The first-order valence-corrected chi connectivity index (χ1v) is 6.62. The Bertz CT molecular complexity index is 642. The molecular weight excluding hydrogens is 242 g/mol. The highest BCUT2D eigenvalue weighted by Gasteiger charge is 2.26. The quantitative estimate of drug-likeness (QED) is 0.796. The number of carbonyl (C=O) groups excluding carboxylic acids is 1. The summed E-state index contributed by atoms with van der Waals surface area (Å²) in [6.07, 6.45) is 2.01. The zero-order valence-corrected chi connectivity index (χ0v) is 11.2. The van der Waals surface area contributed by atoms with E-state index in [2.05, 4.69) is 4.57 Å². The number of hydrogen-bond donors (Lipinski definition) is 0. The molecule has 0 saturated heterocycles. The van der Waals surface area contributed by atoms with Crippen molar-refractivity contribution in [2.45, 2.75) is 26.3 Å². The molecule has 0 amide bonds. The van der Waals surface area contributed by atoms with E-state index in [0.29, 0.717) is 6.61 Å². The van der Waals surface area contributed by atoms with Crippen LogP contribution in [-0.4, -0.2) is 24.3 Å². The van der Waals surface area contributed by atoms with Gasteiger partial charge in [-0.2, -0.15) is 0 Å². The molecule has 0 radical (unpaired) electrons. The van der Waals surface area contributed by atoms with Gasteiger partial charge in [-0.1, -0.05) is 0 Å². The maximum absolute atomic E-state index is 12.2. The smallest absolute Gasteiger partial charge is 0.340 e. The predicted octanol–water partition coefficient (Wildman–Crippen LogP) is 2.77. The number of methoxy groups -OCH3 is 1. The van der Waals surface area contributed by atoms with Crippen molar-refractivity contribution in [2.24, 2.45) is 0 Å². The Kier molecular flexibility index (Phi) is 2.93. The van der Waals surface area contributed by atoms with Crippen LogP contribution >= 0.6 is 0 Å². The van der Waals surface area contributed by atoms with Crippen LogP contribution in [-0.2, 0) is 17.7 Å². The summed E-state index contributed by atoms with van der Waals surface area (Å²) in [6, 6.07) is 5.83. The minimum Gasteiger partial charge on any atom is -0.497 e. The first-order chi connectivity index (χ1) is 9.26. The second-order valence-corrected chi connectivity index (χ2v) is 4.68. The lowest BCUT2D eigenvalue weighted by Crippen LogP contribution is -2.06. The van der Waals surface area contributed by atoms with Gasteiger partial charge in [-0.05, 0) is 31.9 Å². The molecule has 0 atom stereocenters. The SMILES string of the molecule is CCOC(=O)c1c2n(c3cc(OC)ccc13)CCC2. The Labute approximate surface area is 111 Å². The lowest BCUT2D eigenvalue weighted by atomic mass is 10.1. The average molecular weight is 259 g/mol. The summed E-state index contributed by atoms with van der Waals surface area (Å²) < 4.78 is 12.7. The summed E-state index contributed by atoms with van der Waals surface area (Å²) in [4.78, 5) is 12.2. The molecule has 19 heavy (non-hydrogen) atoms. The van der Waals surface area contributed by atoms with Crippen LogP contribution in [0, 0.1) is 0 Å². The Morgan fingerprint density at radius 3 is 3.00 bits per heavy atom. The van der Waals surface area contributed by atoms with Gasteiger partial charge >= 0.3 is 5.97 Å². The summed E-state index contributed by atoms with van der Waals surface area (Å²) in [7, 11) is 1.65. The maximum Gasteiger partial charge on any atom is 0.340 e. The van der Waals surface area contributed by atoms with Gasteiger partial charge in [0.15, 0.2) is 0 Å². The normalized spacial score (nSPS) is 13.6. The van der Waals surface area contributed by atoms with E-state index in [4.69, 9.17) is 9.47 Å². The molecule has 0 bridgehead atoms. The van der Waals surface area contributed by atoms with Crippen LogP contribution in [0.4, 0.5) is 0 Å². The topological polar surface area (TPSA) is 40.5 Å². The Morgan fingerprint density at radius 2 is 2.26 bits per heavy atom. The van der Waals surface area contributed by atoms with Crippen molar-refractivity contribution >= 4 is 16.9 Å². The van der Waals surface area contributed by atoms with E-state index < -0.39 is 0 Å². The molecule has 2 heterocycles. The number of fused-ring (bicyclic) bond motifs is 3. The van der Waals surface area contributed by atoms with E-state index in [1.165, 1.54) is 0 Å². The minimum atomic E-state index is -0.215. The van der Waals surface area contributed by atoms with Crippen molar-refractivity contribution < 1.29 is 14.3 Å². The molecule has 0 unspecified atom stereocenters. The van der Waals surface area contributed by atoms with Crippen molar-refractivity contribution in [3.63, 3.8) is 0 Å². The standard InChI is InChI=1S/C15H17NO3/c1-3-19-15(17)14-11-7-6-10(18-2)9-13(11)16-8-4-5-12(14)16/h6-7,9H,3-5,8H2,1-2H3. The lowest BCUT2D eigenvalue weighted by Gasteiger charge is -2.03. The molecule has 0 saturated carbocycles. The third kappa shape index (κ3) is 1.79. The summed E-state index contributed by atoms with van der Waals surface area (Å²) in [5.41, 5.74) is 2.90. The molecule has 1 aromatic carbocycles. The van der Waals surface area contributed by atoms with Gasteiger partial charge in [-0.15, -0.1) is 0 Å². The van der Waals surface area contributed by atoms with Crippen molar-refractivity contribution in [1.82, 2.24) is 4.57 Å². The fourth-order valence-corrected chi connectivity index (χ4v) is 2.86. The number of carbonyl (C=O) groups is 1. The van der Waals surface area contributed by atoms with E-state index in [1.54, 1.807) is 7.11 Å². The molecule has 2 aromatic rings. The van der Waals surface area contributed by atoms with Gasteiger partial charge in [0.1, 0.15) is 5.75 Å². The van der Waals surface area contributed by atoms with Gasteiger partial charge < -0.3 is 14.0 Å². The van der Waals surface area contributed by atoms with Crippen LogP contribution in [0.15, 0.2) is 18.2 Å². The highest BCUT2D eigenvalue weighted by atomic mass is 16.5. The lowest BCUT2D eigenvalue weighted by molar-refractivity contribution is 0.0527. The second kappa shape index (κ2) is 4.61. The van der Waals surface area contributed by atoms with Crippen LogP contribution in [0.5, 0.6) is 5.75 Å². The first kappa shape index (κ1) is 12.1. The van der Waals surface area contributed by atoms with Gasteiger partial charge in [-0.3, -0.25) is 0 Å². The van der Waals surface area contributed by atoms with Crippen LogP contribution in [0.3, 0.4) is 0 Å². The van der Waals surface area contributed by atoms with Crippen molar-refractivity contribution in [3.8, 4) is 5.75 Å². The Balaban J connectivity index is 2.23. The Morgan fingerprint density at radius 1 is 1.42 bits per heavy atom. The number of esters is 1. The highest BCUT2D eigenvalue weighted by molar-refractivity contribution is 6.06. The molecule has 0 N–H and O–H groups in total. The first-order valence-electron chi connectivity index (χ1n) is 6.62. The molecule has 100 valence electrons. The van der Waals surface area contributed by atoms with Crippen LogP contribution in [0.1, 0.15) is 29.4 Å². The highest BCUT2D eigenvalue weighted by Crippen LogP contribution is 2.34. The molecule has 4 nitrogen and oxygen atoms in total. The third-order valence-corrected chi connectivity index (χ3v) is 3.65. The molecule has 1 aliphatic rings. The summed E-state index contributed by atoms with van der Waals surface area (Å²) in [5.74, 6) is 0.600. The van der Waals surface area contributed by atoms with Gasteiger partial charge in [0, 0.05) is 23.7 Å². The average Bonchev–Trinajstić information content (AvgIpc) is 2.98. The van der Waals surface area contributed by atoms with Crippen molar-refractivity contribution in [1.29, 1.82) is 0 Å².